The lowest BCUT2D eigenvalue weighted by Gasteiger charge is -2.23. The molecule has 0 aromatic heterocycles. The van der Waals surface area contributed by atoms with Gasteiger partial charge in [0.1, 0.15) is 0 Å². The van der Waals surface area contributed by atoms with Crippen LogP contribution < -0.4 is 5.32 Å². The van der Waals surface area contributed by atoms with Crippen molar-refractivity contribution >= 4 is 15.8 Å². The van der Waals surface area contributed by atoms with Crippen molar-refractivity contribution in [1.29, 1.82) is 0 Å². The van der Waals surface area contributed by atoms with E-state index in [4.69, 9.17) is 0 Å². The molecular weight excluding hydrogens is 310 g/mol. The standard InChI is InChI=1S/C17H27N3O2S/c1-4-18-16(20-12-10-17(2,3)14-20)19-11-13-23(21,22)15-8-6-5-7-9-15/h5-9H,4,10-14H2,1-3H3,(H,18,19). The Labute approximate surface area is 139 Å². The molecule has 0 saturated carbocycles. The van der Waals surface area contributed by atoms with Gasteiger partial charge in [0.05, 0.1) is 17.2 Å². The predicted molar refractivity (Wildman–Crippen MR) is 94.4 cm³/mol. The van der Waals surface area contributed by atoms with E-state index >= 15 is 0 Å². The molecule has 6 heteroatoms. The summed E-state index contributed by atoms with van der Waals surface area (Å²) in [6, 6.07) is 8.56. The van der Waals surface area contributed by atoms with Gasteiger partial charge in [-0.05, 0) is 30.9 Å². The molecule has 0 atom stereocenters. The topological polar surface area (TPSA) is 61.8 Å². The molecule has 0 aliphatic carbocycles. The fraction of sp³-hybridized carbons (Fsp3) is 0.588. The van der Waals surface area contributed by atoms with E-state index in [1.807, 2.05) is 13.0 Å². The Balaban J connectivity index is 2.01. The van der Waals surface area contributed by atoms with Crippen molar-refractivity contribution in [2.24, 2.45) is 10.4 Å². The summed E-state index contributed by atoms with van der Waals surface area (Å²) in [6.07, 6.45) is 1.12. The lowest BCUT2D eigenvalue weighted by molar-refractivity contribution is 0.370. The van der Waals surface area contributed by atoms with Gasteiger partial charge in [-0.3, -0.25) is 4.99 Å². The first-order chi connectivity index (χ1) is 10.8. The molecule has 1 aromatic carbocycles. The van der Waals surface area contributed by atoms with Gasteiger partial charge in [-0.15, -0.1) is 0 Å². The molecule has 1 fully saturated rings. The van der Waals surface area contributed by atoms with Crippen LogP contribution in [-0.2, 0) is 9.84 Å². The smallest absolute Gasteiger partial charge is 0.193 e. The number of guanidine groups is 1. The maximum atomic E-state index is 12.3. The quantitative estimate of drug-likeness (QED) is 0.661. The lowest BCUT2D eigenvalue weighted by Crippen LogP contribution is -2.41. The Kier molecular flexibility index (Phi) is 5.68. The van der Waals surface area contributed by atoms with Crippen LogP contribution in [0.4, 0.5) is 0 Å². The fourth-order valence-electron chi connectivity index (χ4n) is 2.74. The Morgan fingerprint density at radius 3 is 2.57 bits per heavy atom. The minimum absolute atomic E-state index is 0.0309. The molecule has 1 N–H and O–H groups in total. The van der Waals surface area contributed by atoms with Crippen LogP contribution in [0.3, 0.4) is 0 Å². The minimum Gasteiger partial charge on any atom is -0.357 e. The van der Waals surface area contributed by atoms with E-state index in [0.717, 1.165) is 32.0 Å². The van der Waals surface area contributed by atoms with E-state index in [1.165, 1.54) is 0 Å². The van der Waals surface area contributed by atoms with Gasteiger partial charge in [-0.25, -0.2) is 8.42 Å². The summed E-state index contributed by atoms with van der Waals surface area (Å²) >= 11 is 0. The zero-order chi connectivity index (χ0) is 16.9. The van der Waals surface area contributed by atoms with Crippen molar-refractivity contribution in [3.8, 4) is 0 Å². The second-order valence-corrected chi connectivity index (χ2v) is 8.81. The highest BCUT2D eigenvalue weighted by Gasteiger charge is 2.30. The Morgan fingerprint density at radius 1 is 1.30 bits per heavy atom. The highest BCUT2D eigenvalue weighted by atomic mass is 32.2. The number of aliphatic imine (C=N–C) groups is 1. The molecule has 0 unspecified atom stereocenters. The van der Waals surface area contributed by atoms with Crippen molar-refractivity contribution in [2.75, 3.05) is 31.9 Å². The van der Waals surface area contributed by atoms with Gasteiger partial charge in [-0.1, -0.05) is 32.0 Å². The molecule has 23 heavy (non-hydrogen) atoms. The maximum Gasteiger partial charge on any atom is 0.193 e. The Bertz CT molecular complexity index is 639. The van der Waals surface area contributed by atoms with Crippen LogP contribution in [0.15, 0.2) is 40.2 Å². The van der Waals surface area contributed by atoms with Crippen molar-refractivity contribution in [2.45, 2.75) is 32.1 Å². The molecule has 1 heterocycles. The van der Waals surface area contributed by atoms with E-state index in [2.05, 4.69) is 29.1 Å². The minimum atomic E-state index is -3.27. The van der Waals surface area contributed by atoms with Gasteiger partial charge in [-0.2, -0.15) is 0 Å². The van der Waals surface area contributed by atoms with Crippen LogP contribution >= 0.6 is 0 Å². The number of sulfone groups is 1. The molecule has 1 saturated heterocycles. The number of likely N-dealkylation sites (tertiary alicyclic amines) is 1. The van der Waals surface area contributed by atoms with Crippen molar-refractivity contribution in [3.05, 3.63) is 30.3 Å². The van der Waals surface area contributed by atoms with Crippen LogP contribution in [0, 0.1) is 5.41 Å². The monoisotopic (exact) mass is 337 g/mol. The third-order valence-corrected chi connectivity index (χ3v) is 5.75. The van der Waals surface area contributed by atoms with E-state index < -0.39 is 9.84 Å². The van der Waals surface area contributed by atoms with Crippen LogP contribution in [-0.4, -0.2) is 51.2 Å². The average Bonchev–Trinajstić information content (AvgIpc) is 2.87. The molecule has 1 aliphatic heterocycles. The summed E-state index contributed by atoms with van der Waals surface area (Å²) in [5, 5.41) is 3.27. The van der Waals surface area contributed by atoms with Crippen LogP contribution in [0.2, 0.25) is 0 Å². The normalized spacial score (nSPS) is 18.2. The number of rotatable bonds is 5. The fourth-order valence-corrected chi connectivity index (χ4v) is 3.88. The SMILES string of the molecule is CCNC(=NCCS(=O)(=O)c1ccccc1)N1CCC(C)(C)C1. The first-order valence-electron chi connectivity index (χ1n) is 8.15. The van der Waals surface area contributed by atoms with Crippen LogP contribution in [0.25, 0.3) is 0 Å². The second-order valence-electron chi connectivity index (χ2n) is 6.70. The summed E-state index contributed by atoms with van der Waals surface area (Å²) in [5.41, 5.74) is 0.284. The Hall–Kier alpha value is -1.56. The largest absolute Gasteiger partial charge is 0.357 e. The number of nitrogens with zero attached hydrogens (tertiary/aromatic N) is 2. The zero-order valence-corrected chi connectivity index (χ0v) is 15.1. The summed E-state index contributed by atoms with van der Waals surface area (Å²) in [5.74, 6) is 0.852. The van der Waals surface area contributed by atoms with Gasteiger partial charge < -0.3 is 10.2 Å². The van der Waals surface area contributed by atoms with E-state index in [-0.39, 0.29) is 17.7 Å². The molecule has 0 spiro atoms. The van der Waals surface area contributed by atoms with Crippen molar-refractivity contribution < 1.29 is 8.42 Å². The third kappa shape index (κ3) is 4.96. The molecule has 0 bridgehead atoms. The first-order valence-corrected chi connectivity index (χ1v) is 9.80. The molecule has 2 rings (SSSR count). The summed E-state index contributed by atoms with van der Waals surface area (Å²) in [7, 11) is -3.27. The summed E-state index contributed by atoms with van der Waals surface area (Å²) in [4.78, 5) is 7.11. The molecular formula is C17H27N3O2S. The second kappa shape index (κ2) is 7.34. The predicted octanol–water partition coefficient (Wildman–Crippen LogP) is 2.16. The van der Waals surface area contributed by atoms with Crippen LogP contribution in [0.5, 0.6) is 0 Å². The van der Waals surface area contributed by atoms with Gasteiger partial charge in [0.2, 0.25) is 0 Å². The third-order valence-electron chi connectivity index (χ3n) is 4.04. The van der Waals surface area contributed by atoms with E-state index in [1.54, 1.807) is 24.3 Å². The van der Waals surface area contributed by atoms with Gasteiger partial charge in [0, 0.05) is 19.6 Å². The van der Waals surface area contributed by atoms with Crippen LogP contribution in [0.1, 0.15) is 27.2 Å². The van der Waals surface area contributed by atoms with Gasteiger partial charge in [0.15, 0.2) is 15.8 Å². The average molecular weight is 337 g/mol. The zero-order valence-electron chi connectivity index (χ0n) is 14.2. The highest BCUT2D eigenvalue weighted by Crippen LogP contribution is 2.28. The molecule has 0 radical (unpaired) electrons. The number of hydrogen-bond donors (Lipinski definition) is 1. The van der Waals surface area contributed by atoms with Crippen molar-refractivity contribution in [3.63, 3.8) is 0 Å². The lowest BCUT2D eigenvalue weighted by atomic mass is 9.93. The first kappa shape index (κ1) is 17.8. The molecule has 1 aliphatic rings. The summed E-state index contributed by atoms with van der Waals surface area (Å²) < 4.78 is 24.6. The van der Waals surface area contributed by atoms with E-state index in [9.17, 15) is 8.42 Å². The summed E-state index contributed by atoms with van der Waals surface area (Å²) in [6.45, 7) is 9.48. The number of hydrogen-bond acceptors (Lipinski definition) is 3. The molecule has 0 amide bonds. The molecule has 5 nitrogen and oxygen atoms in total. The number of nitrogens with one attached hydrogen (secondary N) is 1. The van der Waals surface area contributed by atoms with Gasteiger partial charge in [0.25, 0.3) is 0 Å². The number of benzene rings is 1. The van der Waals surface area contributed by atoms with Gasteiger partial charge >= 0.3 is 0 Å². The van der Waals surface area contributed by atoms with Crippen molar-refractivity contribution in [1.82, 2.24) is 10.2 Å². The highest BCUT2D eigenvalue weighted by molar-refractivity contribution is 7.91. The molecule has 1 aromatic rings. The Morgan fingerprint density at radius 2 is 2.00 bits per heavy atom. The maximum absolute atomic E-state index is 12.3. The molecule has 128 valence electrons. The van der Waals surface area contributed by atoms with E-state index in [0.29, 0.717) is 4.90 Å².